The first-order chi connectivity index (χ1) is 14.6. The fourth-order valence-corrected chi connectivity index (χ4v) is 5.64. The molecule has 0 radical (unpaired) electrons. The highest BCUT2D eigenvalue weighted by Crippen LogP contribution is 2.46. The molecule has 8 nitrogen and oxygen atoms in total. The van der Waals surface area contributed by atoms with Gasteiger partial charge in [-0.3, -0.25) is 19.3 Å². The molecule has 3 aliphatic rings. The Balaban J connectivity index is 1.35. The van der Waals surface area contributed by atoms with Crippen LogP contribution in [0, 0.1) is 11.3 Å². The van der Waals surface area contributed by atoms with E-state index in [0.717, 1.165) is 29.0 Å². The molecule has 1 aliphatic carbocycles. The number of nitrogens with one attached hydrogen (secondary N) is 1. The molecule has 2 fully saturated rings. The minimum atomic E-state index is -0.965. The van der Waals surface area contributed by atoms with Crippen LogP contribution >= 0.6 is 0 Å². The smallest absolute Gasteiger partial charge is 0.326 e. The highest BCUT2D eigenvalue weighted by molar-refractivity contribution is 6.09. The van der Waals surface area contributed by atoms with Crippen molar-refractivity contribution < 1.29 is 23.9 Å². The number of hydrogen-bond acceptors (Lipinski definition) is 5. The summed E-state index contributed by atoms with van der Waals surface area (Å²) in [6.07, 6.45) is 2.82. The Morgan fingerprint density at radius 3 is 2.68 bits per heavy atom. The fourth-order valence-electron chi connectivity index (χ4n) is 5.64. The van der Waals surface area contributed by atoms with Crippen molar-refractivity contribution in [3.63, 3.8) is 0 Å². The molecule has 166 valence electrons. The molecule has 4 amide bonds. The summed E-state index contributed by atoms with van der Waals surface area (Å²) in [6.45, 7) is 5.86. The van der Waals surface area contributed by atoms with Crippen LogP contribution in [0.4, 0.5) is 10.5 Å². The zero-order chi connectivity index (χ0) is 22.4. The van der Waals surface area contributed by atoms with Gasteiger partial charge in [-0.2, -0.15) is 0 Å². The third-order valence-electron chi connectivity index (χ3n) is 6.46. The van der Waals surface area contributed by atoms with Gasteiger partial charge in [-0.1, -0.05) is 39.0 Å². The van der Waals surface area contributed by atoms with Crippen molar-refractivity contribution in [1.29, 1.82) is 0 Å². The van der Waals surface area contributed by atoms with Gasteiger partial charge >= 0.3 is 12.0 Å². The number of ether oxygens (including phenoxy) is 1. The quantitative estimate of drug-likeness (QED) is 0.587. The first kappa shape index (κ1) is 21.3. The molecule has 1 aromatic carbocycles. The molecule has 2 atom stereocenters. The van der Waals surface area contributed by atoms with Gasteiger partial charge in [-0.15, -0.1) is 0 Å². The number of nitrogens with zero attached hydrogens (tertiary/aromatic N) is 2. The summed E-state index contributed by atoms with van der Waals surface area (Å²) in [7, 11) is 0. The van der Waals surface area contributed by atoms with Gasteiger partial charge in [0.25, 0.3) is 11.8 Å². The number of anilines is 1. The number of hydrogen-bond donors (Lipinski definition) is 1. The van der Waals surface area contributed by atoms with Crippen molar-refractivity contribution >= 4 is 29.5 Å². The highest BCUT2D eigenvalue weighted by atomic mass is 16.5. The van der Waals surface area contributed by atoms with Crippen molar-refractivity contribution in [2.24, 2.45) is 11.3 Å². The molecular weight excluding hydrogens is 398 g/mol. The maximum atomic E-state index is 13.1. The molecule has 2 unspecified atom stereocenters. The molecule has 2 aliphatic heterocycles. The molecule has 4 rings (SSSR count). The lowest BCUT2D eigenvalue weighted by Crippen LogP contribution is -2.54. The SMILES string of the molecule is CC1CC(C)(C)CC2(C1)NC(=O)N(CC(=O)OCC(=O)N1CCc3ccccc31)C2=O. The lowest BCUT2D eigenvalue weighted by Gasteiger charge is -2.43. The number of amides is 4. The average molecular weight is 428 g/mol. The molecule has 2 heterocycles. The largest absolute Gasteiger partial charge is 0.454 e. The lowest BCUT2D eigenvalue weighted by molar-refractivity contribution is -0.151. The van der Waals surface area contributed by atoms with Crippen molar-refractivity contribution in [3.05, 3.63) is 29.8 Å². The Labute approximate surface area is 181 Å². The first-order valence-electron chi connectivity index (χ1n) is 10.8. The predicted molar refractivity (Wildman–Crippen MR) is 113 cm³/mol. The number of fused-ring (bicyclic) bond motifs is 1. The van der Waals surface area contributed by atoms with E-state index in [1.807, 2.05) is 24.3 Å². The molecule has 0 bridgehead atoms. The van der Waals surface area contributed by atoms with Crippen LogP contribution in [-0.4, -0.2) is 54.0 Å². The first-order valence-corrected chi connectivity index (χ1v) is 10.8. The van der Waals surface area contributed by atoms with E-state index in [1.54, 1.807) is 4.90 Å². The van der Waals surface area contributed by atoms with Crippen molar-refractivity contribution in [2.45, 2.75) is 52.0 Å². The lowest BCUT2D eigenvalue weighted by atomic mass is 9.64. The predicted octanol–water partition coefficient (Wildman–Crippen LogP) is 2.26. The van der Waals surface area contributed by atoms with Crippen LogP contribution in [0.1, 0.15) is 45.6 Å². The topological polar surface area (TPSA) is 96.0 Å². The summed E-state index contributed by atoms with van der Waals surface area (Å²) < 4.78 is 5.12. The summed E-state index contributed by atoms with van der Waals surface area (Å²) in [5.41, 5.74) is 0.855. The maximum Gasteiger partial charge on any atom is 0.326 e. The van der Waals surface area contributed by atoms with E-state index in [0.29, 0.717) is 19.4 Å². The Hall–Kier alpha value is -2.90. The molecule has 0 aromatic heterocycles. The zero-order valence-corrected chi connectivity index (χ0v) is 18.3. The Kier molecular flexibility index (Phi) is 5.27. The Morgan fingerprint density at radius 1 is 1.19 bits per heavy atom. The number of carbonyl (C=O) groups excluding carboxylic acids is 4. The molecule has 1 spiro atoms. The average Bonchev–Trinajstić information content (AvgIpc) is 3.20. The van der Waals surface area contributed by atoms with E-state index < -0.39 is 30.7 Å². The van der Waals surface area contributed by atoms with Crippen LogP contribution in [0.5, 0.6) is 0 Å². The normalized spacial score (nSPS) is 26.7. The van der Waals surface area contributed by atoms with Gasteiger partial charge in [0.1, 0.15) is 12.1 Å². The van der Waals surface area contributed by atoms with Gasteiger partial charge in [0.05, 0.1) is 0 Å². The number of esters is 1. The van der Waals surface area contributed by atoms with Crippen LogP contribution in [0.2, 0.25) is 0 Å². The number of para-hydroxylation sites is 1. The second-order valence-corrected chi connectivity index (χ2v) is 9.84. The summed E-state index contributed by atoms with van der Waals surface area (Å²) in [6, 6.07) is 7.03. The van der Waals surface area contributed by atoms with Gasteiger partial charge < -0.3 is 15.0 Å². The van der Waals surface area contributed by atoms with Crippen LogP contribution in [0.25, 0.3) is 0 Å². The van der Waals surface area contributed by atoms with Gasteiger partial charge in [-0.25, -0.2) is 4.79 Å². The molecule has 31 heavy (non-hydrogen) atoms. The van der Waals surface area contributed by atoms with Crippen LogP contribution in [0.15, 0.2) is 24.3 Å². The van der Waals surface area contributed by atoms with Crippen molar-refractivity contribution in [2.75, 3.05) is 24.6 Å². The van der Waals surface area contributed by atoms with Gasteiger partial charge in [0.2, 0.25) is 0 Å². The van der Waals surface area contributed by atoms with E-state index in [1.165, 1.54) is 0 Å². The second-order valence-electron chi connectivity index (χ2n) is 9.84. The molecule has 8 heteroatoms. The number of carbonyl (C=O) groups is 4. The summed E-state index contributed by atoms with van der Waals surface area (Å²) >= 11 is 0. The molecule has 1 aromatic rings. The zero-order valence-electron chi connectivity index (χ0n) is 18.3. The molecule has 1 saturated carbocycles. The van der Waals surface area contributed by atoms with Crippen LogP contribution < -0.4 is 10.2 Å². The van der Waals surface area contributed by atoms with Crippen LogP contribution in [-0.2, 0) is 25.5 Å². The fraction of sp³-hybridized carbons (Fsp3) is 0.565. The molecule has 1 saturated heterocycles. The number of rotatable bonds is 4. The van der Waals surface area contributed by atoms with Gasteiger partial charge in [0.15, 0.2) is 6.61 Å². The second kappa shape index (κ2) is 7.66. The number of imide groups is 1. The van der Waals surface area contributed by atoms with E-state index in [9.17, 15) is 19.2 Å². The van der Waals surface area contributed by atoms with E-state index in [-0.39, 0.29) is 23.1 Å². The molecule has 1 N–H and O–H groups in total. The van der Waals surface area contributed by atoms with Gasteiger partial charge in [0, 0.05) is 12.2 Å². The van der Waals surface area contributed by atoms with E-state index >= 15 is 0 Å². The van der Waals surface area contributed by atoms with Crippen molar-refractivity contribution in [1.82, 2.24) is 10.2 Å². The Bertz CT molecular complexity index is 943. The van der Waals surface area contributed by atoms with Crippen LogP contribution in [0.3, 0.4) is 0 Å². The summed E-state index contributed by atoms with van der Waals surface area (Å²) in [5.74, 6) is -1.20. The van der Waals surface area contributed by atoms with Gasteiger partial charge in [-0.05, 0) is 48.6 Å². The van der Waals surface area contributed by atoms with E-state index in [4.69, 9.17) is 4.74 Å². The minimum Gasteiger partial charge on any atom is -0.454 e. The van der Waals surface area contributed by atoms with E-state index in [2.05, 4.69) is 26.1 Å². The third-order valence-corrected chi connectivity index (χ3v) is 6.46. The standard InChI is InChI=1S/C23H29N3O5/c1-15-10-22(2,3)14-23(11-15)20(29)26(21(30)24-23)12-19(28)31-13-18(27)25-9-8-16-6-4-5-7-17(16)25/h4-7,15H,8-14H2,1-3H3,(H,24,30). The summed E-state index contributed by atoms with van der Waals surface area (Å²) in [4.78, 5) is 53.0. The van der Waals surface area contributed by atoms with Crippen molar-refractivity contribution in [3.8, 4) is 0 Å². The third kappa shape index (κ3) is 4.03. The highest BCUT2D eigenvalue weighted by Gasteiger charge is 2.56. The summed E-state index contributed by atoms with van der Waals surface area (Å²) in [5, 5.41) is 2.84. The maximum absolute atomic E-state index is 13.1. The molecular formula is C23H29N3O5. The monoisotopic (exact) mass is 427 g/mol. The minimum absolute atomic E-state index is 0.0877. The Morgan fingerprint density at radius 2 is 1.94 bits per heavy atom. The number of benzene rings is 1. The number of urea groups is 1.